The molecule has 0 N–H and O–H groups in total. The predicted octanol–water partition coefficient (Wildman–Crippen LogP) is 4.74. The Kier molecular flexibility index (Phi) is 3.53. The van der Waals surface area contributed by atoms with Crippen molar-refractivity contribution in [3.63, 3.8) is 0 Å². The van der Waals surface area contributed by atoms with Gasteiger partial charge in [0.15, 0.2) is 0 Å². The third-order valence-corrected chi connectivity index (χ3v) is 3.49. The van der Waals surface area contributed by atoms with E-state index in [-0.39, 0.29) is 0 Å². The fraction of sp³-hybridized carbons (Fsp3) is 0.158. The Hall–Kier alpha value is -2.48. The van der Waals surface area contributed by atoms with Crippen molar-refractivity contribution in [3.8, 4) is 22.5 Å². The number of aryl methyl sites for hydroxylation is 3. The quantitative estimate of drug-likeness (QED) is 0.674. The topological polar surface area (TPSA) is 25.8 Å². The van der Waals surface area contributed by atoms with E-state index < -0.39 is 0 Å². The van der Waals surface area contributed by atoms with Gasteiger partial charge in [-0.1, -0.05) is 12.1 Å². The molecule has 2 aromatic heterocycles. The molecule has 3 aromatic rings. The Labute approximate surface area is 125 Å². The van der Waals surface area contributed by atoms with Crippen LogP contribution in [-0.2, 0) is 0 Å². The second-order valence-electron chi connectivity index (χ2n) is 5.53. The Morgan fingerprint density at radius 3 is 1.43 bits per heavy atom. The minimum atomic E-state index is 0.998. The average molecular weight is 274 g/mol. The molecule has 0 atom stereocenters. The molecule has 0 aliphatic rings. The lowest BCUT2D eigenvalue weighted by molar-refractivity contribution is 1.25. The predicted molar refractivity (Wildman–Crippen MR) is 87.1 cm³/mol. The fourth-order valence-electron chi connectivity index (χ4n) is 2.36. The van der Waals surface area contributed by atoms with E-state index in [1.807, 2.05) is 12.4 Å². The van der Waals surface area contributed by atoms with E-state index >= 15 is 0 Å². The highest BCUT2D eigenvalue weighted by Gasteiger charge is 2.05. The maximum atomic E-state index is 4.52. The maximum absolute atomic E-state index is 4.52. The van der Waals surface area contributed by atoms with Gasteiger partial charge in [-0.3, -0.25) is 9.97 Å². The molecule has 2 heteroatoms. The molecule has 1 aromatic carbocycles. The molecule has 0 spiro atoms. The van der Waals surface area contributed by atoms with Crippen LogP contribution in [0.25, 0.3) is 22.5 Å². The highest BCUT2D eigenvalue weighted by atomic mass is 14.7. The van der Waals surface area contributed by atoms with Crippen LogP contribution >= 0.6 is 0 Å². The average Bonchev–Trinajstić information content (AvgIpc) is 2.48. The first kappa shape index (κ1) is 13.5. The molecule has 0 saturated carbocycles. The Morgan fingerprint density at radius 1 is 0.571 bits per heavy atom. The van der Waals surface area contributed by atoms with Crippen molar-refractivity contribution in [2.45, 2.75) is 20.8 Å². The lowest BCUT2D eigenvalue weighted by Crippen LogP contribution is -1.89. The molecular weight excluding hydrogens is 256 g/mol. The van der Waals surface area contributed by atoms with Gasteiger partial charge in [-0.25, -0.2) is 0 Å². The van der Waals surface area contributed by atoms with Crippen LogP contribution in [-0.4, -0.2) is 9.97 Å². The lowest BCUT2D eigenvalue weighted by atomic mass is 10.0. The zero-order chi connectivity index (χ0) is 14.8. The van der Waals surface area contributed by atoms with Crippen molar-refractivity contribution >= 4 is 0 Å². The van der Waals surface area contributed by atoms with Gasteiger partial charge in [-0.15, -0.1) is 0 Å². The number of pyridine rings is 2. The second-order valence-corrected chi connectivity index (χ2v) is 5.53. The van der Waals surface area contributed by atoms with Crippen molar-refractivity contribution in [1.82, 2.24) is 9.97 Å². The molecular formula is C19H18N2. The number of nitrogens with zero attached hydrogens (tertiary/aromatic N) is 2. The summed E-state index contributed by atoms with van der Waals surface area (Å²) in [6, 6.07) is 14.8. The first-order valence-electron chi connectivity index (χ1n) is 7.09. The highest BCUT2D eigenvalue weighted by molar-refractivity contribution is 5.70. The van der Waals surface area contributed by atoms with E-state index in [1.54, 1.807) is 0 Å². The summed E-state index contributed by atoms with van der Waals surface area (Å²) in [7, 11) is 0. The van der Waals surface area contributed by atoms with Gasteiger partial charge in [0.1, 0.15) is 0 Å². The molecule has 0 amide bonds. The lowest BCUT2D eigenvalue weighted by Gasteiger charge is -2.08. The first-order chi connectivity index (χ1) is 10.1. The van der Waals surface area contributed by atoms with Crippen molar-refractivity contribution in [3.05, 3.63) is 71.5 Å². The molecule has 0 aliphatic carbocycles. The molecule has 0 unspecified atom stereocenters. The van der Waals surface area contributed by atoms with Gasteiger partial charge in [0.05, 0.1) is 11.4 Å². The number of hydrogen-bond donors (Lipinski definition) is 0. The molecule has 3 rings (SSSR count). The Bertz CT molecular complexity index is 693. The summed E-state index contributed by atoms with van der Waals surface area (Å²) in [6.45, 7) is 6.21. The van der Waals surface area contributed by atoms with Gasteiger partial charge < -0.3 is 0 Å². The first-order valence-corrected chi connectivity index (χ1v) is 7.09. The number of rotatable bonds is 2. The molecule has 2 nitrogen and oxygen atoms in total. The van der Waals surface area contributed by atoms with E-state index in [9.17, 15) is 0 Å². The standard InChI is InChI=1S/C19H18N2/c1-13-4-6-18(20-11-13)16-8-15(3)9-17(10-16)19-7-5-14(2)12-21-19/h4-12H,1-3H3. The molecule has 21 heavy (non-hydrogen) atoms. The number of hydrogen-bond acceptors (Lipinski definition) is 2. The van der Waals surface area contributed by atoms with Crippen LogP contribution in [0, 0.1) is 20.8 Å². The Morgan fingerprint density at radius 2 is 1.05 bits per heavy atom. The molecule has 0 bridgehead atoms. The van der Waals surface area contributed by atoms with Gasteiger partial charge in [-0.05, 0) is 67.8 Å². The van der Waals surface area contributed by atoms with Crippen LogP contribution in [0.5, 0.6) is 0 Å². The molecule has 0 radical (unpaired) electrons. The van der Waals surface area contributed by atoms with Gasteiger partial charge in [0.2, 0.25) is 0 Å². The van der Waals surface area contributed by atoms with E-state index in [2.05, 4.69) is 73.2 Å². The summed E-state index contributed by atoms with van der Waals surface area (Å²) < 4.78 is 0. The van der Waals surface area contributed by atoms with Crippen molar-refractivity contribution < 1.29 is 0 Å². The zero-order valence-electron chi connectivity index (χ0n) is 12.6. The molecule has 0 saturated heterocycles. The summed E-state index contributed by atoms with van der Waals surface area (Å²) in [5.41, 5.74) is 7.82. The van der Waals surface area contributed by atoms with Crippen LogP contribution < -0.4 is 0 Å². The minimum Gasteiger partial charge on any atom is -0.256 e. The van der Waals surface area contributed by atoms with Crippen LogP contribution in [0.2, 0.25) is 0 Å². The van der Waals surface area contributed by atoms with Gasteiger partial charge >= 0.3 is 0 Å². The van der Waals surface area contributed by atoms with Crippen molar-refractivity contribution in [2.24, 2.45) is 0 Å². The summed E-state index contributed by atoms with van der Waals surface area (Å²) in [5.74, 6) is 0. The SMILES string of the molecule is Cc1ccc(-c2cc(C)cc(-c3ccc(C)cn3)c2)nc1. The highest BCUT2D eigenvalue weighted by Crippen LogP contribution is 2.26. The molecule has 0 fully saturated rings. The van der Waals surface area contributed by atoms with E-state index in [0.29, 0.717) is 0 Å². The molecule has 104 valence electrons. The van der Waals surface area contributed by atoms with Crippen LogP contribution in [0.3, 0.4) is 0 Å². The van der Waals surface area contributed by atoms with Gasteiger partial charge in [0, 0.05) is 23.5 Å². The molecule has 2 heterocycles. The maximum Gasteiger partial charge on any atom is 0.0702 e. The van der Waals surface area contributed by atoms with Crippen molar-refractivity contribution in [2.75, 3.05) is 0 Å². The Balaban J connectivity index is 2.07. The zero-order valence-corrected chi connectivity index (χ0v) is 12.6. The van der Waals surface area contributed by atoms with Gasteiger partial charge in [-0.2, -0.15) is 0 Å². The van der Waals surface area contributed by atoms with Gasteiger partial charge in [0.25, 0.3) is 0 Å². The second kappa shape index (κ2) is 5.49. The van der Waals surface area contributed by atoms with Crippen molar-refractivity contribution in [1.29, 1.82) is 0 Å². The smallest absolute Gasteiger partial charge is 0.0702 e. The van der Waals surface area contributed by atoms with E-state index in [0.717, 1.165) is 22.5 Å². The van der Waals surface area contributed by atoms with Crippen LogP contribution in [0.15, 0.2) is 54.9 Å². The minimum absolute atomic E-state index is 0.998. The summed E-state index contributed by atoms with van der Waals surface area (Å²) in [5, 5.41) is 0. The number of benzene rings is 1. The third kappa shape index (κ3) is 3.00. The fourth-order valence-corrected chi connectivity index (χ4v) is 2.36. The van der Waals surface area contributed by atoms with Crippen LogP contribution in [0.1, 0.15) is 16.7 Å². The number of aromatic nitrogens is 2. The monoisotopic (exact) mass is 274 g/mol. The molecule has 0 aliphatic heterocycles. The summed E-state index contributed by atoms with van der Waals surface area (Å²) in [4.78, 5) is 9.04. The summed E-state index contributed by atoms with van der Waals surface area (Å²) in [6.07, 6.45) is 3.81. The summed E-state index contributed by atoms with van der Waals surface area (Å²) >= 11 is 0. The third-order valence-electron chi connectivity index (χ3n) is 3.49. The normalized spacial score (nSPS) is 10.6. The van der Waals surface area contributed by atoms with E-state index in [4.69, 9.17) is 0 Å². The largest absolute Gasteiger partial charge is 0.256 e. The van der Waals surface area contributed by atoms with Crippen LogP contribution in [0.4, 0.5) is 0 Å². The van der Waals surface area contributed by atoms with E-state index in [1.165, 1.54) is 16.7 Å².